The van der Waals surface area contributed by atoms with Crippen LogP contribution in [0.4, 0.5) is 0 Å². The maximum absolute atomic E-state index is 5.77. The standard InChI is InChI=1S/C12H24N4O/c13-12(15-10-11-2-3-11)14-4-1-5-16-6-8-17-9-7-16/h11H,1-10H2,(H3,13,14,15). The molecule has 0 unspecified atom stereocenters. The van der Waals surface area contributed by atoms with Crippen molar-refractivity contribution >= 4 is 5.96 Å². The third-order valence-electron chi connectivity index (χ3n) is 3.28. The summed E-state index contributed by atoms with van der Waals surface area (Å²) in [5.74, 6) is 1.42. The van der Waals surface area contributed by atoms with Crippen molar-refractivity contribution in [1.82, 2.24) is 10.2 Å². The molecule has 1 aliphatic heterocycles. The lowest BCUT2D eigenvalue weighted by Crippen LogP contribution is -2.39. The molecule has 98 valence electrons. The van der Waals surface area contributed by atoms with Crippen LogP contribution in [0.25, 0.3) is 0 Å². The third-order valence-corrected chi connectivity index (χ3v) is 3.28. The molecule has 3 N–H and O–H groups in total. The maximum Gasteiger partial charge on any atom is 0.188 e. The number of nitrogens with two attached hydrogens (primary N) is 1. The number of hydrogen-bond acceptors (Lipinski definition) is 3. The lowest BCUT2D eigenvalue weighted by atomic mass is 10.3. The van der Waals surface area contributed by atoms with Crippen LogP contribution in [-0.2, 0) is 4.74 Å². The van der Waals surface area contributed by atoms with E-state index in [4.69, 9.17) is 10.5 Å². The monoisotopic (exact) mass is 240 g/mol. The highest BCUT2D eigenvalue weighted by molar-refractivity contribution is 5.77. The van der Waals surface area contributed by atoms with Crippen LogP contribution in [0.2, 0.25) is 0 Å². The van der Waals surface area contributed by atoms with E-state index in [0.717, 1.165) is 58.3 Å². The van der Waals surface area contributed by atoms with Gasteiger partial charge in [0, 0.05) is 26.2 Å². The molecule has 2 rings (SSSR count). The molecule has 2 fully saturated rings. The van der Waals surface area contributed by atoms with Crippen molar-refractivity contribution in [1.29, 1.82) is 0 Å². The Hall–Kier alpha value is -0.810. The molecule has 1 saturated carbocycles. The number of hydrogen-bond donors (Lipinski definition) is 2. The van der Waals surface area contributed by atoms with Gasteiger partial charge in [-0.25, -0.2) is 0 Å². The Morgan fingerprint density at radius 3 is 2.82 bits per heavy atom. The van der Waals surface area contributed by atoms with Gasteiger partial charge in [0.05, 0.1) is 13.2 Å². The Labute approximate surface area is 103 Å². The SMILES string of the molecule is NC(=NCC1CC1)NCCCN1CCOCC1. The minimum atomic E-state index is 0.610. The molecule has 0 bridgehead atoms. The van der Waals surface area contributed by atoms with Crippen molar-refractivity contribution in [3.8, 4) is 0 Å². The number of aliphatic imine (C=N–C) groups is 1. The topological polar surface area (TPSA) is 62.9 Å². The fourth-order valence-electron chi connectivity index (χ4n) is 1.93. The highest BCUT2D eigenvalue weighted by Gasteiger charge is 2.20. The summed E-state index contributed by atoms with van der Waals surface area (Å²) in [5, 5.41) is 3.18. The van der Waals surface area contributed by atoms with Crippen molar-refractivity contribution in [2.75, 3.05) is 45.9 Å². The van der Waals surface area contributed by atoms with Gasteiger partial charge in [-0.3, -0.25) is 9.89 Å². The number of morpholine rings is 1. The predicted octanol–water partition coefficient (Wildman–Crippen LogP) is 0.0230. The van der Waals surface area contributed by atoms with E-state index >= 15 is 0 Å². The molecule has 17 heavy (non-hydrogen) atoms. The molecular formula is C12H24N4O. The smallest absolute Gasteiger partial charge is 0.188 e. The molecule has 1 saturated heterocycles. The first kappa shape index (κ1) is 12.6. The maximum atomic E-state index is 5.77. The Morgan fingerprint density at radius 1 is 1.35 bits per heavy atom. The van der Waals surface area contributed by atoms with Crippen LogP contribution in [0, 0.1) is 5.92 Å². The quantitative estimate of drug-likeness (QED) is 0.390. The average Bonchev–Trinajstić information content (AvgIpc) is 3.17. The third kappa shape index (κ3) is 5.37. The van der Waals surface area contributed by atoms with Gasteiger partial charge in [0.1, 0.15) is 0 Å². The molecular weight excluding hydrogens is 216 g/mol. The molecule has 0 radical (unpaired) electrons. The molecule has 0 amide bonds. The van der Waals surface area contributed by atoms with E-state index in [1.54, 1.807) is 0 Å². The molecule has 5 heteroatoms. The molecule has 0 spiro atoms. The molecule has 0 atom stereocenters. The molecule has 1 aliphatic carbocycles. The largest absolute Gasteiger partial charge is 0.379 e. The molecule has 2 aliphatic rings. The van der Waals surface area contributed by atoms with Gasteiger partial charge in [0.25, 0.3) is 0 Å². The lowest BCUT2D eigenvalue weighted by molar-refractivity contribution is 0.0376. The van der Waals surface area contributed by atoms with Crippen LogP contribution < -0.4 is 11.1 Å². The first-order valence-electron chi connectivity index (χ1n) is 6.68. The second-order valence-electron chi connectivity index (χ2n) is 4.90. The van der Waals surface area contributed by atoms with Crippen LogP contribution in [0.15, 0.2) is 4.99 Å². The van der Waals surface area contributed by atoms with Gasteiger partial charge in [0.15, 0.2) is 5.96 Å². The van der Waals surface area contributed by atoms with Gasteiger partial charge in [0.2, 0.25) is 0 Å². The highest BCUT2D eigenvalue weighted by Crippen LogP contribution is 2.28. The molecule has 5 nitrogen and oxygen atoms in total. The molecule has 0 aromatic rings. The average molecular weight is 240 g/mol. The summed E-state index contributed by atoms with van der Waals surface area (Å²) in [6, 6.07) is 0. The van der Waals surface area contributed by atoms with Gasteiger partial charge in [-0.15, -0.1) is 0 Å². The Bertz CT molecular complexity index is 247. The zero-order valence-corrected chi connectivity index (χ0v) is 10.5. The van der Waals surface area contributed by atoms with Gasteiger partial charge in [-0.05, 0) is 31.7 Å². The van der Waals surface area contributed by atoms with Crippen molar-refractivity contribution in [3.63, 3.8) is 0 Å². The summed E-state index contributed by atoms with van der Waals surface area (Å²) < 4.78 is 5.31. The second-order valence-corrected chi connectivity index (χ2v) is 4.90. The number of nitrogens with one attached hydrogen (secondary N) is 1. The number of rotatable bonds is 6. The van der Waals surface area contributed by atoms with Crippen molar-refractivity contribution in [2.24, 2.45) is 16.6 Å². The van der Waals surface area contributed by atoms with Crippen LogP contribution in [-0.4, -0.2) is 56.8 Å². The Kier molecular flexibility index (Phi) is 5.07. The van der Waals surface area contributed by atoms with E-state index in [0.29, 0.717) is 5.96 Å². The minimum Gasteiger partial charge on any atom is -0.379 e. The van der Waals surface area contributed by atoms with Crippen LogP contribution in [0.3, 0.4) is 0 Å². The fourth-order valence-corrected chi connectivity index (χ4v) is 1.93. The number of ether oxygens (including phenoxy) is 1. The van der Waals surface area contributed by atoms with Gasteiger partial charge >= 0.3 is 0 Å². The molecule has 0 aromatic heterocycles. The van der Waals surface area contributed by atoms with Crippen LogP contribution in [0.1, 0.15) is 19.3 Å². The number of nitrogens with zero attached hydrogens (tertiary/aromatic N) is 2. The van der Waals surface area contributed by atoms with Gasteiger partial charge < -0.3 is 15.8 Å². The Balaban J connectivity index is 1.48. The van der Waals surface area contributed by atoms with Crippen LogP contribution >= 0.6 is 0 Å². The van der Waals surface area contributed by atoms with Gasteiger partial charge in [-0.1, -0.05) is 0 Å². The summed E-state index contributed by atoms with van der Waals surface area (Å²) in [6.45, 7) is 6.80. The van der Waals surface area contributed by atoms with E-state index in [2.05, 4.69) is 15.2 Å². The first-order valence-corrected chi connectivity index (χ1v) is 6.68. The fraction of sp³-hybridized carbons (Fsp3) is 0.917. The summed E-state index contributed by atoms with van der Waals surface area (Å²) in [7, 11) is 0. The molecule has 1 heterocycles. The van der Waals surface area contributed by atoms with Crippen molar-refractivity contribution in [3.05, 3.63) is 0 Å². The van der Waals surface area contributed by atoms with E-state index in [1.807, 2.05) is 0 Å². The highest BCUT2D eigenvalue weighted by atomic mass is 16.5. The van der Waals surface area contributed by atoms with Crippen molar-refractivity contribution < 1.29 is 4.74 Å². The lowest BCUT2D eigenvalue weighted by Gasteiger charge is -2.26. The summed E-state index contributed by atoms with van der Waals surface area (Å²) in [6.07, 6.45) is 3.77. The normalized spacial score (nSPS) is 22.7. The van der Waals surface area contributed by atoms with E-state index in [-0.39, 0.29) is 0 Å². The zero-order valence-electron chi connectivity index (χ0n) is 10.5. The van der Waals surface area contributed by atoms with Crippen LogP contribution in [0.5, 0.6) is 0 Å². The Morgan fingerprint density at radius 2 is 2.12 bits per heavy atom. The zero-order chi connectivity index (χ0) is 11.9. The second kappa shape index (κ2) is 6.81. The predicted molar refractivity (Wildman–Crippen MR) is 69.1 cm³/mol. The summed E-state index contributed by atoms with van der Waals surface area (Å²) in [4.78, 5) is 6.75. The van der Waals surface area contributed by atoms with Gasteiger partial charge in [-0.2, -0.15) is 0 Å². The summed E-state index contributed by atoms with van der Waals surface area (Å²) >= 11 is 0. The summed E-state index contributed by atoms with van der Waals surface area (Å²) in [5.41, 5.74) is 5.77. The molecule has 0 aromatic carbocycles. The minimum absolute atomic E-state index is 0.610. The number of guanidine groups is 1. The van der Waals surface area contributed by atoms with Crippen molar-refractivity contribution in [2.45, 2.75) is 19.3 Å². The van der Waals surface area contributed by atoms with E-state index in [1.165, 1.54) is 12.8 Å². The van der Waals surface area contributed by atoms with E-state index < -0.39 is 0 Å². The van der Waals surface area contributed by atoms with E-state index in [9.17, 15) is 0 Å². The first-order chi connectivity index (χ1) is 8.34.